The van der Waals surface area contributed by atoms with Crippen LogP contribution in [-0.2, 0) is 19.6 Å². The average molecular weight is 369 g/mol. The summed E-state index contributed by atoms with van der Waals surface area (Å²) in [4.78, 5) is 25.3. The summed E-state index contributed by atoms with van der Waals surface area (Å²) < 4.78 is 27.0. The quantitative estimate of drug-likeness (QED) is 0.678. The summed E-state index contributed by atoms with van der Waals surface area (Å²) in [6.07, 6.45) is -0.00266. The minimum absolute atomic E-state index is 0.00266. The van der Waals surface area contributed by atoms with Gasteiger partial charge >= 0.3 is 0 Å². The first-order chi connectivity index (χ1) is 11.7. The van der Waals surface area contributed by atoms with Gasteiger partial charge < -0.3 is 10.2 Å². The van der Waals surface area contributed by atoms with Gasteiger partial charge in [0.2, 0.25) is 21.8 Å². The SMILES string of the molecule is CCNC(=O)CN(CC)C(=O)CCNS(=O)(=O)c1ccc(C)c(C)c1. The molecule has 25 heavy (non-hydrogen) atoms. The van der Waals surface area contributed by atoms with Gasteiger partial charge in [0, 0.05) is 26.1 Å². The minimum atomic E-state index is -3.66. The molecule has 0 saturated heterocycles. The van der Waals surface area contributed by atoms with Gasteiger partial charge in [-0.3, -0.25) is 9.59 Å². The maximum Gasteiger partial charge on any atom is 0.240 e. The molecule has 0 aliphatic rings. The summed E-state index contributed by atoms with van der Waals surface area (Å²) in [7, 11) is -3.66. The Morgan fingerprint density at radius 2 is 1.80 bits per heavy atom. The molecule has 2 amide bonds. The molecule has 0 atom stereocenters. The number of nitrogens with one attached hydrogen (secondary N) is 2. The van der Waals surface area contributed by atoms with Gasteiger partial charge in [-0.1, -0.05) is 6.07 Å². The van der Waals surface area contributed by atoms with E-state index in [1.165, 1.54) is 4.90 Å². The molecule has 0 spiro atoms. The number of amides is 2. The highest BCUT2D eigenvalue weighted by atomic mass is 32.2. The molecule has 1 aromatic carbocycles. The summed E-state index contributed by atoms with van der Waals surface area (Å²) in [5.41, 5.74) is 1.90. The van der Waals surface area contributed by atoms with Gasteiger partial charge in [-0.25, -0.2) is 13.1 Å². The van der Waals surface area contributed by atoms with E-state index in [2.05, 4.69) is 10.0 Å². The lowest BCUT2D eigenvalue weighted by molar-refractivity contribution is -0.135. The molecule has 0 aliphatic carbocycles. The molecule has 0 fully saturated rings. The number of carbonyl (C=O) groups excluding carboxylic acids is 2. The standard InChI is InChI=1S/C17H27N3O4S/c1-5-18-16(21)12-20(6-2)17(22)9-10-19-25(23,24)15-8-7-13(3)14(4)11-15/h7-8,11,19H,5-6,9-10,12H2,1-4H3,(H,18,21). The van der Waals surface area contributed by atoms with E-state index in [-0.39, 0.29) is 36.2 Å². The first-order valence-electron chi connectivity index (χ1n) is 8.32. The number of benzene rings is 1. The fourth-order valence-corrected chi connectivity index (χ4v) is 3.33. The van der Waals surface area contributed by atoms with E-state index in [1.807, 2.05) is 13.8 Å². The van der Waals surface area contributed by atoms with Crippen molar-refractivity contribution in [2.75, 3.05) is 26.2 Å². The van der Waals surface area contributed by atoms with Crippen LogP contribution >= 0.6 is 0 Å². The molecule has 0 bridgehead atoms. The van der Waals surface area contributed by atoms with Crippen LogP contribution in [-0.4, -0.2) is 51.3 Å². The number of hydrogen-bond acceptors (Lipinski definition) is 4. The fraction of sp³-hybridized carbons (Fsp3) is 0.529. The topological polar surface area (TPSA) is 95.6 Å². The van der Waals surface area contributed by atoms with Gasteiger partial charge in [0.1, 0.15) is 0 Å². The van der Waals surface area contributed by atoms with Crippen molar-refractivity contribution >= 4 is 21.8 Å². The lowest BCUT2D eigenvalue weighted by Gasteiger charge is -2.20. The summed E-state index contributed by atoms with van der Waals surface area (Å²) in [5.74, 6) is -0.495. The van der Waals surface area contributed by atoms with Crippen LogP contribution in [0.3, 0.4) is 0 Å². The molecule has 2 N–H and O–H groups in total. The van der Waals surface area contributed by atoms with Gasteiger partial charge in [-0.05, 0) is 51.0 Å². The van der Waals surface area contributed by atoms with Crippen LogP contribution in [0, 0.1) is 13.8 Å². The highest BCUT2D eigenvalue weighted by Gasteiger charge is 2.18. The second-order valence-corrected chi connectivity index (χ2v) is 7.52. The van der Waals surface area contributed by atoms with Gasteiger partial charge in [0.25, 0.3) is 0 Å². The zero-order chi connectivity index (χ0) is 19.0. The van der Waals surface area contributed by atoms with Gasteiger partial charge in [0.05, 0.1) is 11.4 Å². The molecular formula is C17H27N3O4S. The lowest BCUT2D eigenvalue weighted by atomic mass is 10.1. The predicted octanol–water partition coefficient (Wildman–Crippen LogP) is 0.956. The van der Waals surface area contributed by atoms with Crippen molar-refractivity contribution in [2.24, 2.45) is 0 Å². The summed E-state index contributed by atoms with van der Waals surface area (Å²) >= 11 is 0. The number of likely N-dealkylation sites (N-methyl/N-ethyl adjacent to an activating group) is 2. The molecule has 0 radical (unpaired) electrons. The molecule has 8 heteroatoms. The Morgan fingerprint density at radius 1 is 1.12 bits per heavy atom. The second-order valence-electron chi connectivity index (χ2n) is 5.76. The van der Waals surface area contributed by atoms with Crippen molar-refractivity contribution in [3.63, 3.8) is 0 Å². The third-order valence-electron chi connectivity index (χ3n) is 3.86. The Balaban J connectivity index is 2.60. The first kappa shape index (κ1) is 21.1. The average Bonchev–Trinajstić information content (AvgIpc) is 2.55. The minimum Gasteiger partial charge on any atom is -0.355 e. The molecule has 1 rings (SSSR count). The third-order valence-corrected chi connectivity index (χ3v) is 5.32. The molecule has 1 aromatic rings. The Bertz CT molecular complexity index is 717. The first-order valence-corrected chi connectivity index (χ1v) is 9.81. The monoisotopic (exact) mass is 369 g/mol. The number of hydrogen-bond donors (Lipinski definition) is 2. The molecular weight excluding hydrogens is 342 g/mol. The second kappa shape index (κ2) is 9.53. The van der Waals surface area contributed by atoms with Gasteiger partial charge in [0.15, 0.2) is 0 Å². The number of carbonyl (C=O) groups is 2. The third kappa shape index (κ3) is 6.47. The molecule has 140 valence electrons. The van der Waals surface area contributed by atoms with Crippen LogP contribution in [0.5, 0.6) is 0 Å². The van der Waals surface area contributed by atoms with Crippen molar-refractivity contribution in [1.82, 2.24) is 14.9 Å². The predicted molar refractivity (Wildman–Crippen MR) is 96.7 cm³/mol. The Hall–Kier alpha value is -1.93. The molecule has 0 aliphatic heterocycles. The lowest BCUT2D eigenvalue weighted by Crippen LogP contribution is -2.41. The normalized spacial score (nSPS) is 11.2. The highest BCUT2D eigenvalue weighted by Crippen LogP contribution is 2.14. The number of aryl methyl sites for hydroxylation is 2. The van der Waals surface area contributed by atoms with Crippen LogP contribution in [0.25, 0.3) is 0 Å². The van der Waals surface area contributed by atoms with Crippen molar-refractivity contribution < 1.29 is 18.0 Å². The van der Waals surface area contributed by atoms with Crippen molar-refractivity contribution in [3.05, 3.63) is 29.3 Å². The molecule has 0 saturated carbocycles. The maximum atomic E-state index is 12.3. The van der Waals surface area contributed by atoms with Gasteiger partial charge in [-0.2, -0.15) is 0 Å². The maximum absolute atomic E-state index is 12.3. The Morgan fingerprint density at radius 3 is 2.36 bits per heavy atom. The van der Waals surface area contributed by atoms with Crippen LogP contribution in [0.15, 0.2) is 23.1 Å². The van der Waals surface area contributed by atoms with E-state index >= 15 is 0 Å². The molecule has 0 unspecified atom stereocenters. The van der Waals surface area contributed by atoms with E-state index in [0.29, 0.717) is 13.1 Å². The summed E-state index contributed by atoms with van der Waals surface area (Å²) in [6.45, 7) is 8.19. The van der Waals surface area contributed by atoms with E-state index < -0.39 is 10.0 Å². The van der Waals surface area contributed by atoms with E-state index in [1.54, 1.807) is 32.0 Å². The van der Waals surface area contributed by atoms with Crippen molar-refractivity contribution in [1.29, 1.82) is 0 Å². The molecule has 7 nitrogen and oxygen atoms in total. The summed E-state index contributed by atoms with van der Waals surface area (Å²) in [5, 5.41) is 2.63. The zero-order valence-corrected chi connectivity index (χ0v) is 16.1. The van der Waals surface area contributed by atoms with E-state index in [4.69, 9.17) is 0 Å². The number of sulfonamides is 1. The zero-order valence-electron chi connectivity index (χ0n) is 15.3. The van der Waals surface area contributed by atoms with Crippen molar-refractivity contribution in [3.8, 4) is 0 Å². The van der Waals surface area contributed by atoms with Crippen LogP contribution in [0.1, 0.15) is 31.4 Å². The largest absolute Gasteiger partial charge is 0.355 e. The Kier molecular flexibility index (Phi) is 8.05. The number of nitrogens with zero attached hydrogens (tertiary/aromatic N) is 1. The van der Waals surface area contributed by atoms with Crippen LogP contribution in [0.4, 0.5) is 0 Å². The number of rotatable bonds is 9. The molecule has 0 heterocycles. The summed E-state index contributed by atoms with van der Waals surface area (Å²) in [6, 6.07) is 4.90. The fourth-order valence-electron chi connectivity index (χ4n) is 2.22. The van der Waals surface area contributed by atoms with E-state index in [9.17, 15) is 18.0 Å². The van der Waals surface area contributed by atoms with Crippen LogP contribution < -0.4 is 10.0 Å². The van der Waals surface area contributed by atoms with Crippen LogP contribution in [0.2, 0.25) is 0 Å². The van der Waals surface area contributed by atoms with E-state index in [0.717, 1.165) is 11.1 Å². The highest BCUT2D eigenvalue weighted by molar-refractivity contribution is 7.89. The molecule has 0 aromatic heterocycles. The van der Waals surface area contributed by atoms with Gasteiger partial charge in [-0.15, -0.1) is 0 Å². The Labute approximate surface area is 149 Å². The van der Waals surface area contributed by atoms with Crippen molar-refractivity contribution in [2.45, 2.75) is 39.0 Å². The smallest absolute Gasteiger partial charge is 0.240 e.